The zero-order valence-electron chi connectivity index (χ0n) is 22.8. The summed E-state index contributed by atoms with van der Waals surface area (Å²) in [5.41, 5.74) is -0.789. The van der Waals surface area contributed by atoms with Crippen molar-refractivity contribution >= 4 is 40.9 Å². The summed E-state index contributed by atoms with van der Waals surface area (Å²) in [7, 11) is 1.51. The van der Waals surface area contributed by atoms with Gasteiger partial charge in [0.05, 0.1) is 21.7 Å². The maximum atomic E-state index is 13.7. The standard InChI is InChI=1S/C29H31Cl2F3N4O3/c1-28(8-9-28)27(41)37-11-6-17(7-12-37)25(39)38-15-20(18-3-4-21(30)22(31)13-18)24(16-38)36(2)26(40)23-14-19(5-10-35-23)29(32,33)34/h3-5,10,13-14,17,20,24H,6-9,11-12,15-16H2,1-2H3. The summed E-state index contributed by atoms with van der Waals surface area (Å²) in [5, 5.41) is 0.680. The quantitative estimate of drug-likeness (QED) is 0.447. The molecule has 1 saturated carbocycles. The van der Waals surface area contributed by atoms with Gasteiger partial charge < -0.3 is 14.7 Å². The molecule has 3 aliphatic rings. The van der Waals surface area contributed by atoms with E-state index in [9.17, 15) is 27.6 Å². The third-order valence-corrected chi connectivity index (χ3v) is 9.48. The number of alkyl halides is 3. The fraction of sp³-hybridized carbons (Fsp3) is 0.517. The molecular weight excluding hydrogens is 580 g/mol. The minimum atomic E-state index is -4.62. The SMILES string of the molecule is CN(C(=O)c1cc(C(F)(F)F)ccn1)C1CN(C(=O)C2CCN(C(=O)C3(C)CC3)CC2)CC1c1ccc(Cl)c(Cl)c1. The van der Waals surface area contributed by atoms with E-state index in [1.807, 2.05) is 11.8 Å². The Bertz CT molecular complexity index is 1360. The van der Waals surface area contributed by atoms with E-state index in [0.29, 0.717) is 42.5 Å². The summed E-state index contributed by atoms with van der Waals surface area (Å²) in [6.07, 6.45) is -0.737. The van der Waals surface area contributed by atoms with Crippen molar-refractivity contribution in [2.75, 3.05) is 33.2 Å². The summed E-state index contributed by atoms with van der Waals surface area (Å²) in [5.74, 6) is -1.19. The van der Waals surface area contributed by atoms with Crippen molar-refractivity contribution in [3.05, 3.63) is 63.4 Å². The van der Waals surface area contributed by atoms with Crippen molar-refractivity contribution < 1.29 is 27.6 Å². The summed E-state index contributed by atoms with van der Waals surface area (Å²) >= 11 is 12.4. The average Bonchev–Trinajstić information content (AvgIpc) is 3.55. The van der Waals surface area contributed by atoms with Crippen LogP contribution in [0.3, 0.4) is 0 Å². The van der Waals surface area contributed by atoms with E-state index >= 15 is 0 Å². The van der Waals surface area contributed by atoms with Gasteiger partial charge in [0, 0.05) is 56.7 Å². The van der Waals surface area contributed by atoms with Crippen LogP contribution in [0.25, 0.3) is 0 Å². The van der Waals surface area contributed by atoms with E-state index in [-0.39, 0.29) is 41.3 Å². The van der Waals surface area contributed by atoms with Crippen LogP contribution in [0.4, 0.5) is 13.2 Å². The highest BCUT2D eigenvalue weighted by Gasteiger charge is 2.48. The summed E-state index contributed by atoms with van der Waals surface area (Å²) in [6, 6.07) is 6.13. The molecule has 7 nitrogen and oxygen atoms in total. The van der Waals surface area contributed by atoms with Crippen LogP contribution in [0.5, 0.6) is 0 Å². The molecule has 41 heavy (non-hydrogen) atoms. The van der Waals surface area contributed by atoms with Crippen molar-refractivity contribution in [1.82, 2.24) is 19.7 Å². The van der Waals surface area contributed by atoms with Gasteiger partial charge in [0.15, 0.2) is 0 Å². The van der Waals surface area contributed by atoms with E-state index in [1.165, 1.54) is 11.9 Å². The Hall–Kier alpha value is -2.85. The molecule has 2 saturated heterocycles. The number of likely N-dealkylation sites (tertiary alicyclic amines) is 2. The minimum Gasteiger partial charge on any atom is -0.342 e. The number of hydrogen-bond acceptors (Lipinski definition) is 4. The van der Waals surface area contributed by atoms with Crippen LogP contribution in [-0.2, 0) is 15.8 Å². The lowest BCUT2D eigenvalue weighted by molar-refractivity contribution is -0.142. The molecule has 3 fully saturated rings. The first-order valence-electron chi connectivity index (χ1n) is 13.6. The Kier molecular flexibility index (Phi) is 8.02. The Morgan fingerprint density at radius 2 is 1.68 bits per heavy atom. The molecule has 0 spiro atoms. The smallest absolute Gasteiger partial charge is 0.342 e. The van der Waals surface area contributed by atoms with Gasteiger partial charge in [-0.3, -0.25) is 19.4 Å². The molecule has 2 aromatic rings. The van der Waals surface area contributed by atoms with Crippen LogP contribution in [0.2, 0.25) is 10.0 Å². The topological polar surface area (TPSA) is 73.8 Å². The number of halogens is 5. The molecule has 0 radical (unpaired) electrons. The van der Waals surface area contributed by atoms with Gasteiger partial charge in [-0.05, 0) is 55.5 Å². The Morgan fingerprint density at radius 3 is 2.29 bits per heavy atom. The fourth-order valence-electron chi connectivity index (χ4n) is 5.86. The summed E-state index contributed by atoms with van der Waals surface area (Å²) in [4.78, 5) is 48.6. The highest BCUT2D eigenvalue weighted by atomic mass is 35.5. The van der Waals surface area contributed by atoms with Gasteiger partial charge in [0.25, 0.3) is 5.91 Å². The van der Waals surface area contributed by atoms with Crippen LogP contribution in [0.15, 0.2) is 36.5 Å². The summed E-state index contributed by atoms with van der Waals surface area (Å²) < 4.78 is 39.9. The lowest BCUT2D eigenvalue weighted by Crippen LogP contribution is -2.46. The van der Waals surface area contributed by atoms with Gasteiger partial charge in [0.2, 0.25) is 11.8 Å². The molecular formula is C29H31Cl2F3N4O3. The lowest BCUT2D eigenvalue weighted by Gasteiger charge is -2.34. The number of piperidine rings is 1. The zero-order chi connectivity index (χ0) is 29.7. The first-order valence-corrected chi connectivity index (χ1v) is 14.4. The normalized spacial score (nSPS) is 22.5. The van der Waals surface area contributed by atoms with Gasteiger partial charge in [0.1, 0.15) is 5.69 Å². The van der Waals surface area contributed by atoms with Gasteiger partial charge in [-0.1, -0.05) is 36.2 Å². The predicted molar refractivity (Wildman–Crippen MR) is 148 cm³/mol. The van der Waals surface area contributed by atoms with Crippen molar-refractivity contribution in [3.63, 3.8) is 0 Å². The molecule has 220 valence electrons. The molecule has 0 N–H and O–H groups in total. The number of amides is 3. The molecule has 1 aliphatic carbocycles. The third-order valence-electron chi connectivity index (χ3n) is 8.74. The highest BCUT2D eigenvalue weighted by molar-refractivity contribution is 6.42. The van der Waals surface area contributed by atoms with Crippen molar-refractivity contribution in [1.29, 1.82) is 0 Å². The molecule has 3 heterocycles. The first-order chi connectivity index (χ1) is 19.3. The van der Waals surface area contributed by atoms with Gasteiger partial charge in [-0.15, -0.1) is 0 Å². The van der Waals surface area contributed by atoms with E-state index < -0.39 is 23.7 Å². The van der Waals surface area contributed by atoms with Crippen LogP contribution in [-0.4, -0.2) is 76.7 Å². The van der Waals surface area contributed by atoms with E-state index in [2.05, 4.69) is 4.98 Å². The number of carbonyl (C=O) groups is 3. The molecule has 3 amide bonds. The molecule has 5 rings (SSSR count). The van der Waals surface area contributed by atoms with Gasteiger partial charge in [-0.2, -0.15) is 13.2 Å². The maximum Gasteiger partial charge on any atom is 0.416 e. The number of nitrogens with zero attached hydrogens (tertiary/aromatic N) is 4. The number of benzene rings is 1. The predicted octanol–water partition coefficient (Wildman–Crippen LogP) is 5.51. The average molecular weight is 611 g/mol. The molecule has 2 aliphatic heterocycles. The Balaban J connectivity index is 1.35. The van der Waals surface area contributed by atoms with Crippen molar-refractivity contribution in [3.8, 4) is 0 Å². The zero-order valence-corrected chi connectivity index (χ0v) is 24.3. The number of likely N-dealkylation sites (N-methyl/N-ethyl adjacent to an activating group) is 1. The maximum absolute atomic E-state index is 13.7. The molecule has 0 bridgehead atoms. The van der Waals surface area contributed by atoms with Crippen molar-refractivity contribution in [2.45, 2.75) is 50.7 Å². The molecule has 1 aromatic carbocycles. The third kappa shape index (κ3) is 6.04. The number of pyridine rings is 1. The van der Waals surface area contributed by atoms with Crippen LogP contribution in [0.1, 0.15) is 60.1 Å². The molecule has 1 aromatic heterocycles. The van der Waals surface area contributed by atoms with Crippen molar-refractivity contribution in [2.24, 2.45) is 11.3 Å². The fourth-order valence-corrected chi connectivity index (χ4v) is 6.16. The minimum absolute atomic E-state index is 0.0552. The Morgan fingerprint density at radius 1 is 1.00 bits per heavy atom. The van der Waals surface area contributed by atoms with Gasteiger partial charge in [-0.25, -0.2) is 0 Å². The highest BCUT2D eigenvalue weighted by Crippen LogP contribution is 2.47. The summed E-state index contributed by atoms with van der Waals surface area (Å²) in [6.45, 7) is 3.52. The second-order valence-corrected chi connectivity index (χ2v) is 12.4. The lowest BCUT2D eigenvalue weighted by atomic mass is 9.93. The monoisotopic (exact) mass is 610 g/mol. The van der Waals surface area contributed by atoms with Crippen LogP contribution < -0.4 is 0 Å². The van der Waals surface area contributed by atoms with E-state index in [1.54, 1.807) is 23.1 Å². The second kappa shape index (κ2) is 11.1. The Labute approximate surface area is 246 Å². The largest absolute Gasteiger partial charge is 0.416 e. The number of carbonyl (C=O) groups excluding carboxylic acids is 3. The van der Waals surface area contributed by atoms with E-state index in [4.69, 9.17) is 23.2 Å². The number of aromatic nitrogens is 1. The molecule has 2 unspecified atom stereocenters. The van der Waals surface area contributed by atoms with E-state index in [0.717, 1.165) is 36.7 Å². The number of hydrogen-bond donors (Lipinski definition) is 0. The molecule has 2 atom stereocenters. The van der Waals surface area contributed by atoms with Crippen LogP contribution >= 0.6 is 23.2 Å². The first kappa shape index (κ1) is 29.6. The molecule has 12 heteroatoms. The van der Waals surface area contributed by atoms with Crippen LogP contribution in [0, 0.1) is 11.3 Å². The second-order valence-electron chi connectivity index (χ2n) is 11.6. The van der Waals surface area contributed by atoms with Gasteiger partial charge >= 0.3 is 6.18 Å². The number of rotatable bonds is 5.